The van der Waals surface area contributed by atoms with Gasteiger partial charge in [0.05, 0.1) is 10.5 Å². The summed E-state index contributed by atoms with van der Waals surface area (Å²) in [6.07, 6.45) is -1.99. The first kappa shape index (κ1) is 20.0. The first-order valence-electron chi connectivity index (χ1n) is 8.14. The van der Waals surface area contributed by atoms with E-state index in [0.717, 1.165) is 22.5 Å². The molecule has 12 heteroatoms. The molecule has 1 aromatic heterocycles. The highest BCUT2D eigenvalue weighted by Crippen LogP contribution is 2.31. The second kappa shape index (κ2) is 7.36. The van der Waals surface area contributed by atoms with Gasteiger partial charge in [-0.1, -0.05) is 6.07 Å². The summed E-state index contributed by atoms with van der Waals surface area (Å²) in [7, 11) is -4.12. The van der Waals surface area contributed by atoms with Gasteiger partial charge in [0.1, 0.15) is 0 Å². The largest absolute Gasteiger partial charge is 0.416 e. The average molecular weight is 415 g/mol. The first-order chi connectivity index (χ1) is 13.1. The summed E-state index contributed by atoms with van der Waals surface area (Å²) in [5, 5.41) is 0. The highest BCUT2D eigenvalue weighted by Gasteiger charge is 2.35. The zero-order valence-corrected chi connectivity index (χ0v) is 15.2. The predicted molar refractivity (Wildman–Crippen MR) is 92.6 cm³/mol. The van der Waals surface area contributed by atoms with Crippen LogP contribution in [0, 0.1) is 0 Å². The van der Waals surface area contributed by atoms with Crippen LogP contribution >= 0.6 is 0 Å². The molecule has 2 aromatic rings. The van der Waals surface area contributed by atoms with Crippen LogP contribution in [0.2, 0.25) is 0 Å². The summed E-state index contributed by atoms with van der Waals surface area (Å²) >= 11 is 0. The van der Waals surface area contributed by atoms with E-state index in [1.807, 2.05) is 0 Å². The number of sulfonamides is 1. The quantitative estimate of drug-likeness (QED) is 0.808. The van der Waals surface area contributed by atoms with Gasteiger partial charge in [-0.2, -0.15) is 17.5 Å². The van der Waals surface area contributed by atoms with Crippen LogP contribution in [-0.2, 0) is 16.2 Å². The Morgan fingerprint density at radius 3 is 2.32 bits per heavy atom. The Hall–Kier alpha value is -2.73. The van der Waals surface area contributed by atoms with Crippen molar-refractivity contribution in [1.82, 2.24) is 19.2 Å². The van der Waals surface area contributed by atoms with Crippen molar-refractivity contribution in [2.24, 2.45) is 0 Å². The zero-order chi connectivity index (χ0) is 20.5. The Morgan fingerprint density at radius 1 is 1.07 bits per heavy atom. The number of amides is 1. The number of carbonyl (C=O) groups is 1. The summed E-state index contributed by atoms with van der Waals surface area (Å²) < 4.78 is 65.0. The fourth-order valence-electron chi connectivity index (χ4n) is 2.78. The van der Waals surface area contributed by atoms with Gasteiger partial charge in [-0.05, 0) is 18.2 Å². The van der Waals surface area contributed by atoms with Crippen molar-refractivity contribution in [2.75, 3.05) is 31.9 Å². The Morgan fingerprint density at radius 2 is 1.71 bits per heavy atom. The second-order valence-electron chi connectivity index (χ2n) is 6.01. The van der Waals surface area contributed by atoms with Crippen LogP contribution in [0.15, 0.2) is 41.6 Å². The molecule has 3 rings (SSSR count). The number of hydrogen-bond acceptors (Lipinski definition) is 6. The Kier molecular flexibility index (Phi) is 5.26. The lowest BCUT2D eigenvalue weighted by molar-refractivity contribution is -0.137. The predicted octanol–water partition coefficient (Wildman–Crippen LogP) is 1.22. The van der Waals surface area contributed by atoms with Crippen molar-refractivity contribution in [3.05, 3.63) is 47.9 Å². The molecule has 0 radical (unpaired) electrons. The standard InChI is InChI=1S/C16H16F3N5O3S/c17-16(18,19)11-2-1-3-12(10-11)28(26,27)24-8-6-23(7-9-24)15(25)13-14(20)22-5-4-21-13/h1-5,10H,6-9H2,(H2,20,22). The molecule has 150 valence electrons. The van der Waals surface area contributed by atoms with Crippen LogP contribution < -0.4 is 5.73 Å². The molecule has 1 saturated heterocycles. The monoisotopic (exact) mass is 415 g/mol. The maximum atomic E-state index is 12.9. The van der Waals surface area contributed by atoms with E-state index in [9.17, 15) is 26.4 Å². The molecule has 1 amide bonds. The number of hydrogen-bond donors (Lipinski definition) is 1. The molecule has 1 fully saturated rings. The van der Waals surface area contributed by atoms with E-state index in [4.69, 9.17) is 5.73 Å². The van der Waals surface area contributed by atoms with Gasteiger partial charge < -0.3 is 10.6 Å². The minimum Gasteiger partial charge on any atom is -0.382 e. The molecule has 1 aliphatic rings. The lowest BCUT2D eigenvalue weighted by Gasteiger charge is -2.34. The van der Waals surface area contributed by atoms with Crippen molar-refractivity contribution in [3.8, 4) is 0 Å². The molecule has 0 unspecified atom stereocenters. The molecule has 0 spiro atoms. The Bertz CT molecular complexity index is 989. The van der Waals surface area contributed by atoms with Gasteiger partial charge in [0.25, 0.3) is 5.91 Å². The lowest BCUT2D eigenvalue weighted by Crippen LogP contribution is -2.50. The first-order valence-corrected chi connectivity index (χ1v) is 9.58. The summed E-state index contributed by atoms with van der Waals surface area (Å²) in [5.41, 5.74) is 4.56. The number of carbonyl (C=O) groups excluding carboxylic acids is 1. The van der Waals surface area contributed by atoms with Gasteiger partial charge in [-0.3, -0.25) is 4.79 Å². The highest BCUT2D eigenvalue weighted by molar-refractivity contribution is 7.89. The van der Waals surface area contributed by atoms with E-state index in [1.54, 1.807) is 0 Å². The molecule has 2 heterocycles. The molecular weight excluding hydrogens is 399 g/mol. The van der Waals surface area contributed by atoms with E-state index in [-0.39, 0.29) is 37.7 Å². The number of rotatable bonds is 3. The molecule has 2 N–H and O–H groups in total. The van der Waals surface area contributed by atoms with E-state index >= 15 is 0 Å². The van der Waals surface area contributed by atoms with Crippen molar-refractivity contribution < 1.29 is 26.4 Å². The van der Waals surface area contributed by atoms with Crippen LogP contribution in [0.3, 0.4) is 0 Å². The number of alkyl halides is 3. The number of aromatic nitrogens is 2. The third kappa shape index (κ3) is 3.92. The average Bonchev–Trinajstić information content (AvgIpc) is 2.67. The summed E-state index contributed by atoms with van der Waals surface area (Å²) in [5.74, 6) is -0.520. The maximum Gasteiger partial charge on any atom is 0.416 e. The number of halogens is 3. The number of benzene rings is 1. The molecule has 0 saturated carbocycles. The summed E-state index contributed by atoms with van der Waals surface area (Å²) in [4.78, 5) is 21.1. The van der Waals surface area contributed by atoms with Gasteiger partial charge in [0, 0.05) is 38.6 Å². The number of nitrogens with zero attached hydrogens (tertiary/aromatic N) is 4. The van der Waals surface area contributed by atoms with Crippen molar-refractivity contribution in [1.29, 1.82) is 0 Å². The van der Waals surface area contributed by atoms with E-state index < -0.39 is 32.6 Å². The molecule has 1 aliphatic heterocycles. The fraction of sp³-hybridized carbons (Fsp3) is 0.312. The second-order valence-corrected chi connectivity index (χ2v) is 7.95. The SMILES string of the molecule is Nc1nccnc1C(=O)N1CCN(S(=O)(=O)c2cccc(C(F)(F)F)c2)CC1. The number of anilines is 1. The van der Waals surface area contributed by atoms with Crippen LogP contribution in [0.5, 0.6) is 0 Å². The molecule has 1 aromatic carbocycles. The fourth-order valence-corrected chi connectivity index (χ4v) is 4.25. The maximum absolute atomic E-state index is 12.9. The minimum atomic E-state index is -4.65. The van der Waals surface area contributed by atoms with Crippen molar-refractivity contribution >= 4 is 21.7 Å². The lowest BCUT2D eigenvalue weighted by atomic mass is 10.2. The van der Waals surface area contributed by atoms with Gasteiger partial charge in [-0.15, -0.1) is 0 Å². The van der Waals surface area contributed by atoms with Crippen molar-refractivity contribution in [3.63, 3.8) is 0 Å². The third-order valence-corrected chi connectivity index (χ3v) is 6.15. The zero-order valence-electron chi connectivity index (χ0n) is 14.4. The molecule has 0 aliphatic carbocycles. The van der Waals surface area contributed by atoms with Gasteiger partial charge >= 0.3 is 6.18 Å². The third-order valence-electron chi connectivity index (χ3n) is 4.25. The minimum absolute atomic E-state index is 0.0308. The van der Waals surface area contributed by atoms with Gasteiger partial charge in [0.2, 0.25) is 10.0 Å². The Labute approximate surface area is 158 Å². The normalized spacial score (nSPS) is 16.2. The molecule has 0 atom stereocenters. The smallest absolute Gasteiger partial charge is 0.382 e. The van der Waals surface area contributed by atoms with Crippen LogP contribution in [0.25, 0.3) is 0 Å². The van der Waals surface area contributed by atoms with Crippen LogP contribution in [0.1, 0.15) is 16.1 Å². The van der Waals surface area contributed by atoms with E-state index in [2.05, 4.69) is 9.97 Å². The van der Waals surface area contributed by atoms with Crippen LogP contribution in [-0.4, -0.2) is 59.7 Å². The number of nitrogen functional groups attached to an aromatic ring is 1. The number of nitrogens with two attached hydrogens (primary N) is 1. The molecule has 28 heavy (non-hydrogen) atoms. The van der Waals surface area contributed by atoms with Crippen molar-refractivity contribution in [2.45, 2.75) is 11.1 Å². The molecular formula is C16H16F3N5O3S. The topological polar surface area (TPSA) is 109 Å². The van der Waals surface area contributed by atoms with E-state index in [1.165, 1.54) is 17.3 Å². The highest BCUT2D eigenvalue weighted by atomic mass is 32.2. The van der Waals surface area contributed by atoms with Gasteiger partial charge in [-0.25, -0.2) is 18.4 Å². The molecule has 8 nitrogen and oxygen atoms in total. The summed E-state index contributed by atoms with van der Waals surface area (Å²) in [6.45, 7) is -0.0327. The van der Waals surface area contributed by atoms with Gasteiger partial charge in [0.15, 0.2) is 11.5 Å². The van der Waals surface area contributed by atoms with Crippen LogP contribution in [0.4, 0.5) is 19.0 Å². The summed E-state index contributed by atoms with van der Waals surface area (Å²) in [6, 6.07) is 3.57. The number of piperazine rings is 1. The van der Waals surface area contributed by atoms with E-state index in [0.29, 0.717) is 6.07 Å². The Balaban J connectivity index is 1.74. The molecule has 0 bridgehead atoms.